The summed E-state index contributed by atoms with van der Waals surface area (Å²) in [6.07, 6.45) is 0. The number of hydrogen-bond donors (Lipinski definition) is 1. The maximum absolute atomic E-state index is 12.1. The number of thiophene rings is 1. The third-order valence-corrected chi connectivity index (χ3v) is 5.47. The number of carbonyl (C=O) groups excluding carboxylic acids is 2. The Morgan fingerprint density at radius 2 is 2.05 bits per heavy atom. The molecule has 1 heterocycles. The molecular formula is C10H13N2O5S2-. The summed E-state index contributed by atoms with van der Waals surface area (Å²) in [7, 11) is -1.36. The van der Waals surface area contributed by atoms with Crippen molar-refractivity contribution in [1.29, 1.82) is 0 Å². The molecule has 7 nitrogen and oxygen atoms in total. The molecule has 1 aromatic heterocycles. The molecule has 1 aromatic rings. The number of carboxylic acid groups (broad SMARTS) is 1. The number of aryl methyl sites for hydroxylation is 1. The number of amides is 1. The van der Waals surface area contributed by atoms with Crippen molar-refractivity contribution >= 4 is 33.2 Å². The first kappa shape index (κ1) is 15.6. The molecule has 0 aliphatic rings. The number of hydrogen-bond acceptors (Lipinski definition) is 6. The van der Waals surface area contributed by atoms with Crippen LogP contribution in [-0.2, 0) is 14.8 Å². The summed E-state index contributed by atoms with van der Waals surface area (Å²) in [4.78, 5) is 22.5. The lowest BCUT2D eigenvalue weighted by atomic mass is 10.4. The van der Waals surface area contributed by atoms with Gasteiger partial charge in [0.15, 0.2) is 0 Å². The first-order valence-corrected chi connectivity index (χ1v) is 7.44. The molecule has 0 atom stereocenters. The summed E-state index contributed by atoms with van der Waals surface area (Å²) < 4.78 is 24.9. The van der Waals surface area contributed by atoms with E-state index >= 15 is 0 Å². The Balaban J connectivity index is 3.18. The number of nitrogens with zero attached hydrogens (tertiary/aromatic N) is 1. The summed E-state index contributed by atoms with van der Waals surface area (Å²) in [5.74, 6) is -1.89. The molecule has 0 spiro atoms. The highest BCUT2D eigenvalue weighted by Gasteiger charge is 2.26. The van der Waals surface area contributed by atoms with Gasteiger partial charge in [0.1, 0.15) is 0 Å². The average Bonchev–Trinajstić information content (AvgIpc) is 2.70. The van der Waals surface area contributed by atoms with Gasteiger partial charge in [0.2, 0.25) is 10.0 Å². The van der Waals surface area contributed by atoms with Gasteiger partial charge in [-0.3, -0.25) is 4.79 Å². The fraction of sp³-hybridized carbons (Fsp3) is 0.400. The summed E-state index contributed by atoms with van der Waals surface area (Å²) in [6.45, 7) is 0.809. The minimum atomic E-state index is -3.94. The highest BCUT2D eigenvalue weighted by Crippen LogP contribution is 2.27. The maximum Gasteiger partial charge on any atom is 0.261 e. The van der Waals surface area contributed by atoms with Crippen LogP contribution >= 0.6 is 11.3 Å². The van der Waals surface area contributed by atoms with Gasteiger partial charge in [-0.05, 0) is 13.0 Å². The zero-order chi connectivity index (χ0) is 14.8. The number of rotatable bonds is 5. The summed E-state index contributed by atoms with van der Waals surface area (Å²) >= 11 is 1.03. The highest BCUT2D eigenvalue weighted by atomic mass is 32.2. The minimum absolute atomic E-state index is 0.0696. The van der Waals surface area contributed by atoms with E-state index in [1.807, 2.05) is 0 Å². The lowest BCUT2D eigenvalue weighted by Gasteiger charge is -2.17. The van der Waals surface area contributed by atoms with E-state index in [4.69, 9.17) is 0 Å². The second-order valence-electron chi connectivity index (χ2n) is 3.74. The van der Waals surface area contributed by atoms with E-state index in [2.05, 4.69) is 5.32 Å². The van der Waals surface area contributed by atoms with Crippen molar-refractivity contribution in [2.75, 3.05) is 20.6 Å². The zero-order valence-corrected chi connectivity index (χ0v) is 12.2. The lowest BCUT2D eigenvalue weighted by Crippen LogP contribution is -2.39. The van der Waals surface area contributed by atoms with Gasteiger partial charge in [-0.25, -0.2) is 8.42 Å². The zero-order valence-electron chi connectivity index (χ0n) is 10.6. The van der Waals surface area contributed by atoms with Gasteiger partial charge in [0, 0.05) is 19.0 Å². The molecule has 0 fully saturated rings. The third-order valence-electron chi connectivity index (χ3n) is 2.36. The Bertz CT molecular complexity index is 605. The molecule has 0 bridgehead atoms. The second-order valence-corrected chi connectivity index (χ2v) is 7.01. The van der Waals surface area contributed by atoms with E-state index in [0.717, 1.165) is 18.4 Å². The summed E-state index contributed by atoms with van der Waals surface area (Å²) in [5, 5.41) is 12.8. The van der Waals surface area contributed by atoms with E-state index in [1.165, 1.54) is 13.1 Å². The van der Waals surface area contributed by atoms with E-state index in [1.54, 1.807) is 6.92 Å². The highest BCUT2D eigenvalue weighted by molar-refractivity contribution is 7.89. The van der Waals surface area contributed by atoms with Crippen molar-refractivity contribution in [3.8, 4) is 0 Å². The monoisotopic (exact) mass is 305 g/mol. The van der Waals surface area contributed by atoms with E-state index in [0.29, 0.717) is 9.18 Å². The average molecular weight is 305 g/mol. The molecule has 0 saturated carbocycles. The predicted octanol–water partition coefficient (Wildman–Crippen LogP) is -1.21. The van der Waals surface area contributed by atoms with Gasteiger partial charge < -0.3 is 15.2 Å². The fourth-order valence-corrected chi connectivity index (χ4v) is 4.01. The van der Waals surface area contributed by atoms with Gasteiger partial charge in [-0.1, -0.05) is 0 Å². The smallest absolute Gasteiger partial charge is 0.261 e. The Hall–Kier alpha value is -1.45. The van der Waals surface area contributed by atoms with Crippen molar-refractivity contribution in [2.45, 2.75) is 11.8 Å². The molecular weight excluding hydrogens is 292 g/mol. The van der Waals surface area contributed by atoms with Gasteiger partial charge >= 0.3 is 0 Å². The molecule has 9 heteroatoms. The van der Waals surface area contributed by atoms with Gasteiger partial charge in [0.25, 0.3) is 5.91 Å². The molecule has 0 unspecified atom stereocenters. The van der Waals surface area contributed by atoms with Crippen LogP contribution in [0.2, 0.25) is 0 Å². The van der Waals surface area contributed by atoms with Crippen molar-refractivity contribution in [2.24, 2.45) is 0 Å². The molecule has 0 aromatic carbocycles. The number of likely N-dealkylation sites (N-methyl/N-ethyl adjacent to an activating group) is 1. The van der Waals surface area contributed by atoms with Crippen LogP contribution in [0.15, 0.2) is 11.0 Å². The van der Waals surface area contributed by atoms with Gasteiger partial charge in [-0.15, -0.1) is 11.3 Å². The molecule has 0 aliphatic heterocycles. The van der Waals surface area contributed by atoms with Crippen molar-refractivity contribution < 1.29 is 23.1 Å². The van der Waals surface area contributed by atoms with Crippen LogP contribution in [0.4, 0.5) is 0 Å². The predicted molar refractivity (Wildman–Crippen MR) is 67.3 cm³/mol. The third kappa shape index (κ3) is 3.31. The maximum atomic E-state index is 12.1. The molecule has 1 amide bonds. The van der Waals surface area contributed by atoms with Crippen molar-refractivity contribution in [3.63, 3.8) is 0 Å². The van der Waals surface area contributed by atoms with Crippen molar-refractivity contribution in [1.82, 2.24) is 9.62 Å². The van der Waals surface area contributed by atoms with Crippen LogP contribution in [0, 0.1) is 6.92 Å². The topological polar surface area (TPSA) is 107 Å². The number of sulfonamides is 1. The Morgan fingerprint density at radius 1 is 1.47 bits per heavy atom. The van der Waals surface area contributed by atoms with Crippen LogP contribution in [0.25, 0.3) is 0 Å². The second kappa shape index (κ2) is 5.68. The number of carbonyl (C=O) groups is 2. The van der Waals surface area contributed by atoms with Crippen LogP contribution in [0.5, 0.6) is 0 Å². The van der Waals surface area contributed by atoms with Gasteiger partial charge in [0.05, 0.1) is 22.3 Å². The molecule has 0 saturated heterocycles. The van der Waals surface area contributed by atoms with Crippen molar-refractivity contribution in [3.05, 3.63) is 15.8 Å². The van der Waals surface area contributed by atoms with E-state index in [9.17, 15) is 23.1 Å². The van der Waals surface area contributed by atoms with Gasteiger partial charge in [-0.2, -0.15) is 4.31 Å². The molecule has 1 N–H and O–H groups in total. The van der Waals surface area contributed by atoms with Crippen LogP contribution in [0.3, 0.4) is 0 Å². The molecule has 1 rings (SSSR count). The van der Waals surface area contributed by atoms with E-state index < -0.39 is 28.4 Å². The van der Waals surface area contributed by atoms with Crippen LogP contribution in [0.1, 0.15) is 14.5 Å². The molecule has 0 aliphatic carbocycles. The lowest BCUT2D eigenvalue weighted by molar-refractivity contribution is -0.305. The number of carboxylic acids is 1. The first-order valence-electron chi connectivity index (χ1n) is 5.18. The molecule has 19 heavy (non-hydrogen) atoms. The largest absolute Gasteiger partial charge is 0.549 e. The van der Waals surface area contributed by atoms with Crippen LogP contribution < -0.4 is 10.4 Å². The number of nitrogens with one attached hydrogen (secondary N) is 1. The molecule has 0 radical (unpaired) electrons. The Kier molecular flexibility index (Phi) is 4.66. The Labute approximate surface area is 114 Å². The fourth-order valence-electron chi connectivity index (χ4n) is 1.39. The minimum Gasteiger partial charge on any atom is -0.549 e. The van der Waals surface area contributed by atoms with E-state index in [-0.39, 0.29) is 9.77 Å². The normalized spacial score (nSPS) is 11.6. The first-order chi connectivity index (χ1) is 8.70. The standard InChI is InChI=1S/C10H14N2O5S2/c1-6-8(4-7(18-6)10(15)11-2)19(16,17)12(3)5-9(13)14/h4H,5H2,1-3H3,(H,11,15)(H,13,14)/p-1. The number of aliphatic carboxylic acids is 1. The Morgan fingerprint density at radius 3 is 2.53 bits per heavy atom. The van der Waals surface area contributed by atoms with Crippen LogP contribution in [-0.4, -0.2) is 45.2 Å². The summed E-state index contributed by atoms with van der Waals surface area (Å²) in [5.41, 5.74) is 0. The SMILES string of the molecule is CNC(=O)c1cc(S(=O)(=O)N(C)CC(=O)[O-])c(C)s1. The summed E-state index contributed by atoms with van der Waals surface area (Å²) in [6, 6.07) is 1.24. The molecule has 106 valence electrons. The quantitative estimate of drug-likeness (QED) is 0.734.